The number of carbonyl (C=O) groups excluding carboxylic acids is 1. The normalized spacial score (nSPS) is 10.7. The van der Waals surface area contributed by atoms with Gasteiger partial charge in [0.25, 0.3) is 0 Å². The summed E-state index contributed by atoms with van der Waals surface area (Å²) in [6.07, 6.45) is 1.34. The van der Waals surface area contributed by atoms with Crippen molar-refractivity contribution >= 4 is 17.4 Å². The Bertz CT molecular complexity index is 748. The van der Waals surface area contributed by atoms with Gasteiger partial charge in [-0.05, 0) is 29.5 Å². The van der Waals surface area contributed by atoms with Crippen molar-refractivity contribution in [3.8, 4) is 5.75 Å². The fourth-order valence-electron chi connectivity index (χ4n) is 1.93. The molecule has 0 unspecified atom stereocenters. The topological polar surface area (TPSA) is 99.3 Å². The first-order valence-electron chi connectivity index (χ1n) is 6.88. The summed E-state index contributed by atoms with van der Waals surface area (Å²) in [4.78, 5) is 21.8. The van der Waals surface area contributed by atoms with Crippen LogP contribution in [0.25, 0.3) is 0 Å². The van der Waals surface area contributed by atoms with Gasteiger partial charge in [-0.2, -0.15) is 13.5 Å². The highest BCUT2D eigenvalue weighted by atomic mass is 19.3. The summed E-state index contributed by atoms with van der Waals surface area (Å²) in [6.45, 7) is -1.20. The Morgan fingerprint density at radius 2 is 2.21 bits per heavy atom. The summed E-state index contributed by atoms with van der Waals surface area (Å²) in [6, 6.07) is 5.71. The number of amides is 1. The molecule has 0 aliphatic rings. The molecule has 10 heteroatoms. The van der Waals surface area contributed by atoms with E-state index in [1.807, 2.05) is 0 Å². The smallest absolute Gasteiger partial charge is 0.389 e. The van der Waals surface area contributed by atoms with E-state index >= 15 is 0 Å². The maximum absolute atomic E-state index is 12.4. The van der Waals surface area contributed by atoms with E-state index in [-0.39, 0.29) is 30.2 Å². The van der Waals surface area contributed by atoms with Crippen molar-refractivity contribution in [3.05, 3.63) is 46.1 Å². The predicted molar refractivity (Wildman–Crippen MR) is 79.9 cm³/mol. The molecule has 0 aliphatic carbocycles. The molecule has 1 N–H and O–H groups in total. The number of nitrogens with zero attached hydrogens (tertiary/aromatic N) is 3. The van der Waals surface area contributed by atoms with Crippen molar-refractivity contribution < 1.29 is 23.2 Å². The Balaban J connectivity index is 1.97. The molecule has 0 aliphatic heterocycles. The zero-order valence-electron chi connectivity index (χ0n) is 12.6. The molecule has 0 atom stereocenters. The van der Waals surface area contributed by atoms with E-state index in [1.165, 1.54) is 29.1 Å². The molecule has 0 fully saturated rings. The van der Waals surface area contributed by atoms with Gasteiger partial charge in [0.15, 0.2) is 0 Å². The molecular weight excluding hydrogens is 326 g/mol. The summed E-state index contributed by atoms with van der Waals surface area (Å²) in [5.41, 5.74) is 0.824. The molecule has 0 bridgehead atoms. The fourth-order valence-corrected chi connectivity index (χ4v) is 1.93. The highest BCUT2D eigenvalue weighted by molar-refractivity contribution is 5.92. The van der Waals surface area contributed by atoms with E-state index in [0.29, 0.717) is 5.56 Å². The Labute approximate surface area is 135 Å². The van der Waals surface area contributed by atoms with Gasteiger partial charge in [0, 0.05) is 6.42 Å². The number of ether oxygens (including phenoxy) is 1. The van der Waals surface area contributed by atoms with Gasteiger partial charge in [0.05, 0.1) is 29.6 Å². The van der Waals surface area contributed by atoms with Gasteiger partial charge in [-0.15, -0.1) is 0 Å². The van der Waals surface area contributed by atoms with Crippen LogP contribution in [0.1, 0.15) is 12.0 Å². The molecule has 24 heavy (non-hydrogen) atoms. The van der Waals surface area contributed by atoms with Crippen LogP contribution in [0.3, 0.4) is 0 Å². The van der Waals surface area contributed by atoms with E-state index in [4.69, 9.17) is 0 Å². The summed E-state index contributed by atoms with van der Waals surface area (Å²) in [7, 11) is 0. The summed E-state index contributed by atoms with van der Waals surface area (Å²) < 4.78 is 30.4. The number of aromatic nitrogens is 2. The van der Waals surface area contributed by atoms with Gasteiger partial charge in [-0.25, -0.2) is 0 Å². The van der Waals surface area contributed by atoms with Gasteiger partial charge in [0.2, 0.25) is 5.91 Å². The molecule has 128 valence electrons. The molecule has 0 saturated carbocycles. The lowest BCUT2D eigenvalue weighted by atomic mass is 10.2. The van der Waals surface area contributed by atoms with E-state index < -0.39 is 17.4 Å². The molecule has 0 saturated heterocycles. The lowest BCUT2D eigenvalue weighted by Gasteiger charge is -2.12. The van der Waals surface area contributed by atoms with E-state index in [0.717, 1.165) is 0 Å². The van der Waals surface area contributed by atoms with Gasteiger partial charge < -0.3 is 20.2 Å². The number of anilines is 1. The van der Waals surface area contributed by atoms with E-state index in [1.54, 1.807) is 13.0 Å². The minimum absolute atomic E-state index is 0.0408. The zero-order chi connectivity index (χ0) is 17.7. The largest absolute Gasteiger partial charge is 0.433 e. The van der Waals surface area contributed by atoms with Crippen LogP contribution in [0.4, 0.5) is 20.3 Å². The number of carbonyl (C=O) groups is 1. The minimum atomic E-state index is -3.01. The van der Waals surface area contributed by atoms with Crippen LogP contribution in [0, 0.1) is 17.0 Å². The molecule has 2 rings (SSSR count). The molecule has 1 aromatic heterocycles. The van der Waals surface area contributed by atoms with Crippen molar-refractivity contribution in [2.45, 2.75) is 26.5 Å². The van der Waals surface area contributed by atoms with Crippen LogP contribution in [0.2, 0.25) is 0 Å². The van der Waals surface area contributed by atoms with Gasteiger partial charge in [-0.1, -0.05) is 6.07 Å². The van der Waals surface area contributed by atoms with Gasteiger partial charge in [0.1, 0.15) is 5.75 Å². The first kappa shape index (κ1) is 17.3. The highest BCUT2D eigenvalue weighted by Gasteiger charge is 2.14. The number of alkyl halides is 2. The average molecular weight is 340 g/mol. The highest BCUT2D eigenvalue weighted by Crippen LogP contribution is 2.27. The standard InChI is InChI=1S/C14H14F2N4O4/c1-9-2-3-10(11(8-9)24-14(15)16)17-13(21)5-7-19-6-4-12(18-19)20(22)23/h2-4,6,8,14H,5,7H2,1H3,(H,17,21). The number of nitro groups is 1. The van der Waals surface area contributed by atoms with Crippen LogP contribution >= 0.6 is 0 Å². The van der Waals surface area contributed by atoms with Crippen LogP contribution < -0.4 is 10.1 Å². The lowest BCUT2D eigenvalue weighted by molar-refractivity contribution is -0.389. The third-order valence-corrected chi connectivity index (χ3v) is 3.01. The SMILES string of the molecule is Cc1ccc(NC(=O)CCn2ccc([N+](=O)[O-])n2)c(OC(F)F)c1. The quantitative estimate of drug-likeness (QED) is 0.617. The number of halogens is 2. The van der Waals surface area contributed by atoms with Crippen LogP contribution in [-0.2, 0) is 11.3 Å². The van der Waals surface area contributed by atoms with Gasteiger partial charge >= 0.3 is 12.4 Å². The first-order valence-corrected chi connectivity index (χ1v) is 6.88. The number of hydrogen-bond acceptors (Lipinski definition) is 5. The van der Waals surface area contributed by atoms with Crippen LogP contribution in [0.5, 0.6) is 5.75 Å². The Kier molecular flexibility index (Phi) is 5.40. The monoisotopic (exact) mass is 340 g/mol. The predicted octanol–water partition coefficient (Wildman–Crippen LogP) is 2.73. The second kappa shape index (κ2) is 7.49. The zero-order valence-corrected chi connectivity index (χ0v) is 12.6. The maximum Gasteiger partial charge on any atom is 0.389 e. The first-order chi connectivity index (χ1) is 11.3. The third-order valence-electron chi connectivity index (χ3n) is 3.01. The Morgan fingerprint density at radius 3 is 2.83 bits per heavy atom. The molecule has 0 spiro atoms. The van der Waals surface area contributed by atoms with Crippen LogP contribution in [0.15, 0.2) is 30.5 Å². The molecule has 8 nitrogen and oxygen atoms in total. The summed E-state index contributed by atoms with van der Waals surface area (Å²) in [5, 5.41) is 16.7. The summed E-state index contributed by atoms with van der Waals surface area (Å²) >= 11 is 0. The summed E-state index contributed by atoms with van der Waals surface area (Å²) in [5.74, 6) is -0.911. The van der Waals surface area contributed by atoms with E-state index in [9.17, 15) is 23.7 Å². The molecule has 1 heterocycles. The van der Waals surface area contributed by atoms with Crippen molar-refractivity contribution in [2.24, 2.45) is 0 Å². The number of benzene rings is 1. The lowest BCUT2D eigenvalue weighted by Crippen LogP contribution is -2.16. The molecule has 2 aromatic rings. The minimum Gasteiger partial charge on any atom is -0.433 e. The van der Waals surface area contributed by atoms with E-state index in [2.05, 4.69) is 15.2 Å². The second-order valence-corrected chi connectivity index (χ2v) is 4.87. The number of aryl methyl sites for hydroxylation is 2. The third kappa shape index (κ3) is 4.73. The number of nitrogens with one attached hydrogen (secondary N) is 1. The van der Waals surface area contributed by atoms with Gasteiger partial charge in [-0.3, -0.25) is 4.79 Å². The second-order valence-electron chi connectivity index (χ2n) is 4.87. The molecule has 1 aromatic carbocycles. The number of rotatable bonds is 7. The fraction of sp³-hybridized carbons (Fsp3) is 0.286. The molecule has 0 radical (unpaired) electrons. The van der Waals surface area contributed by atoms with Crippen molar-refractivity contribution in [1.82, 2.24) is 9.78 Å². The van der Waals surface area contributed by atoms with Crippen molar-refractivity contribution in [3.63, 3.8) is 0 Å². The average Bonchev–Trinajstić information content (AvgIpc) is 2.96. The Morgan fingerprint density at radius 1 is 1.46 bits per heavy atom. The molecule has 1 amide bonds. The number of hydrogen-bond donors (Lipinski definition) is 1. The van der Waals surface area contributed by atoms with Crippen molar-refractivity contribution in [1.29, 1.82) is 0 Å². The Hall–Kier alpha value is -3.04. The maximum atomic E-state index is 12.4. The van der Waals surface area contributed by atoms with Crippen LogP contribution in [-0.4, -0.2) is 27.2 Å². The van der Waals surface area contributed by atoms with Crippen molar-refractivity contribution in [2.75, 3.05) is 5.32 Å². The molecular formula is C14H14F2N4O4.